The van der Waals surface area contributed by atoms with Crippen LogP contribution < -0.4 is 5.73 Å². The van der Waals surface area contributed by atoms with Gasteiger partial charge in [0, 0.05) is 22.8 Å². The van der Waals surface area contributed by atoms with Gasteiger partial charge >= 0.3 is 0 Å². The lowest BCUT2D eigenvalue weighted by Gasteiger charge is -2.45. The molecule has 0 aliphatic heterocycles. The van der Waals surface area contributed by atoms with Crippen molar-refractivity contribution in [1.82, 2.24) is 4.98 Å². The smallest absolute Gasteiger partial charge is 0.0946 e. The van der Waals surface area contributed by atoms with Crippen molar-refractivity contribution in [2.75, 3.05) is 0 Å². The Hall–Kier alpha value is -0.410. The number of nitrogens with two attached hydrogens (primary N) is 1. The Morgan fingerprint density at radius 1 is 1.38 bits per heavy atom. The van der Waals surface area contributed by atoms with Crippen LogP contribution in [0.5, 0.6) is 0 Å². The summed E-state index contributed by atoms with van der Waals surface area (Å²) in [6, 6.07) is 0. The van der Waals surface area contributed by atoms with Crippen LogP contribution in [0.3, 0.4) is 0 Å². The number of rotatable bonds is 3. The fourth-order valence-corrected chi connectivity index (χ4v) is 5.03. The second-order valence-corrected chi connectivity index (χ2v) is 9.47. The highest BCUT2D eigenvalue weighted by Gasteiger charge is 2.41. The normalized spacial score (nSPS) is 30.9. The first-order valence-electron chi connectivity index (χ1n) is 8.35. The van der Waals surface area contributed by atoms with Crippen LogP contribution >= 0.6 is 11.3 Å². The molecule has 0 bridgehead atoms. The van der Waals surface area contributed by atoms with E-state index in [-0.39, 0.29) is 11.0 Å². The summed E-state index contributed by atoms with van der Waals surface area (Å²) in [5, 5.41) is 3.44. The third kappa shape index (κ3) is 3.87. The molecule has 3 unspecified atom stereocenters. The lowest BCUT2D eigenvalue weighted by atomic mass is 9.64. The van der Waals surface area contributed by atoms with E-state index >= 15 is 0 Å². The van der Waals surface area contributed by atoms with E-state index < -0.39 is 0 Å². The minimum atomic E-state index is -0.0706. The lowest BCUT2D eigenvalue weighted by Crippen LogP contribution is -2.54. The number of thiazole rings is 1. The molecule has 0 aromatic carbocycles. The van der Waals surface area contributed by atoms with Gasteiger partial charge in [-0.3, -0.25) is 0 Å². The van der Waals surface area contributed by atoms with Gasteiger partial charge in [0.2, 0.25) is 0 Å². The Balaban J connectivity index is 2.20. The van der Waals surface area contributed by atoms with Crippen LogP contribution in [-0.4, -0.2) is 10.5 Å². The quantitative estimate of drug-likeness (QED) is 0.873. The van der Waals surface area contributed by atoms with Crippen LogP contribution in [0.2, 0.25) is 0 Å². The molecule has 1 aliphatic carbocycles. The maximum atomic E-state index is 6.91. The first-order chi connectivity index (χ1) is 9.62. The van der Waals surface area contributed by atoms with E-state index in [9.17, 15) is 0 Å². The molecule has 0 amide bonds. The first-order valence-corrected chi connectivity index (χ1v) is 9.23. The molecule has 1 aromatic rings. The maximum absolute atomic E-state index is 6.91. The monoisotopic (exact) mass is 308 g/mol. The molecule has 1 aliphatic rings. The van der Waals surface area contributed by atoms with Crippen LogP contribution in [0.4, 0.5) is 0 Å². The SMILES string of the molecule is CC1CCC(C(C)C)C(N)(Cc2nc(C(C)(C)C)cs2)C1. The van der Waals surface area contributed by atoms with Crippen molar-refractivity contribution in [3.63, 3.8) is 0 Å². The predicted octanol–water partition coefficient (Wildman–Crippen LogP) is 4.77. The van der Waals surface area contributed by atoms with Crippen molar-refractivity contribution in [3.05, 3.63) is 16.1 Å². The standard InChI is InChI=1S/C18H32N2S/c1-12(2)14-8-7-13(3)9-18(14,19)10-16-20-15(11-21-16)17(4,5)6/h11-14H,7-10,19H2,1-6H3. The van der Waals surface area contributed by atoms with E-state index in [0.717, 1.165) is 18.8 Å². The third-order valence-electron chi connectivity index (χ3n) is 5.04. The Morgan fingerprint density at radius 2 is 2.05 bits per heavy atom. The maximum Gasteiger partial charge on any atom is 0.0946 e. The summed E-state index contributed by atoms with van der Waals surface area (Å²) in [4.78, 5) is 4.88. The highest BCUT2D eigenvalue weighted by atomic mass is 32.1. The fourth-order valence-electron chi connectivity index (χ4n) is 3.87. The molecule has 3 atom stereocenters. The summed E-state index contributed by atoms with van der Waals surface area (Å²) in [6.07, 6.45) is 4.68. The van der Waals surface area contributed by atoms with Gasteiger partial charge in [-0.2, -0.15) is 0 Å². The van der Waals surface area contributed by atoms with Crippen molar-refractivity contribution < 1.29 is 0 Å². The zero-order chi connectivity index (χ0) is 15.8. The Bertz CT molecular complexity index is 472. The molecule has 21 heavy (non-hydrogen) atoms. The van der Waals surface area contributed by atoms with E-state index in [0.29, 0.717) is 11.8 Å². The molecule has 2 rings (SSSR count). The number of hydrogen-bond acceptors (Lipinski definition) is 3. The molecule has 2 N–H and O–H groups in total. The number of hydrogen-bond donors (Lipinski definition) is 1. The molecule has 1 fully saturated rings. The van der Waals surface area contributed by atoms with Gasteiger partial charge in [0.25, 0.3) is 0 Å². The van der Waals surface area contributed by atoms with Gasteiger partial charge in [-0.25, -0.2) is 4.98 Å². The summed E-state index contributed by atoms with van der Waals surface area (Å²) >= 11 is 1.79. The van der Waals surface area contributed by atoms with Gasteiger partial charge in [0.1, 0.15) is 0 Å². The summed E-state index contributed by atoms with van der Waals surface area (Å²) < 4.78 is 0. The van der Waals surface area contributed by atoms with Crippen LogP contribution in [0.15, 0.2) is 5.38 Å². The molecule has 1 heterocycles. The number of aromatic nitrogens is 1. The minimum Gasteiger partial charge on any atom is -0.324 e. The summed E-state index contributed by atoms with van der Waals surface area (Å²) in [6.45, 7) is 13.7. The highest BCUT2D eigenvalue weighted by Crippen LogP contribution is 2.41. The molecule has 120 valence electrons. The topological polar surface area (TPSA) is 38.9 Å². The van der Waals surface area contributed by atoms with Crippen LogP contribution in [0, 0.1) is 17.8 Å². The van der Waals surface area contributed by atoms with Gasteiger partial charge in [0.15, 0.2) is 0 Å². The molecular weight excluding hydrogens is 276 g/mol. The third-order valence-corrected chi connectivity index (χ3v) is 5.89. The van der Waals surface area contributed by atoms with E-state index in [2.05, 4.69) is 46.9 Å². The molecule has 1 aromatic heterocycles. The zero-order valence-electron chi connectivity index (χ0n) is 14.6. The second kappa shape index (κ2) is 6.00. The Labute approximate surface area is 134 Å². The van der Waals surface area contributed by atoms with Gasteiger partial charge in [-0.1, -0.05) is 48.0 Å². The molecule has 3 heteroatoms. The van der Waals surface area contributed by atoms with Gasteiger partial charge < -0.3 is 5.73 Å². The molecule has 0 saturated heterocycles. The van der Waals surface area contributed by atoms with E-state index in [1.165, 1.54) is 23.5 Å². The summed E-state index contributed by atoms with van der Waals surface area (Å²) in [5.74, 6) is 2.02. The minimum absolute atomic E-state index is 0.0706. The van der Waals surface area contributed by atoms with Crippen molar-refractivity contribution >= 4 is 11.3 Å². The van der Waals surface area contributed by atoms with E-state index in [4.69, 9.17) is 10.7 Å². The van der Waals surface area contributed by atoms with Crippen molar-refractivity contribution in [2.45, 2.75) is 78.2 Å². The highest BCUT2D eigenvalue weighted by molar-refractivity contribution is 7.09. The average Bonchev–Trinajstić information content (AvgIpc) is 2.75. The zero-order valence-corrected chi connectivity index (χ0v) is 15.4. The Morgan fingerprint density at radius 3 is 2.57 bits per heavy atom. The summed E-state index contributed by atoms with van der Waals surface area (Å²) in [7, 11) is 0. The second-order valence-electron chi connectivity index (χ2n) is 8.52. The predicted molar refractivity (Wildman–Crippen MR) is 92.8 cm³/mol. The van der Waals surface area contributed by atoms with Crippen LogP contribution in [-0.2, 0) is 11.8 Å². The Kier molecular flexibility index (Phi) is 4.84. The van der Waals surface area contributed by atoms with E-state index in [1.807, 2.05) is 0 Å². The van der Waals surface area contributed by atoms with Crippen molar-refractivity contribution in [3.8, 4) is 0 Å². The van der Waals surface area contributed by atoms with Crippen molar-refractivity contribution in [1.29, 1.82) is 0 Å². The molecule has 0 spiro atoms. The van der Waals surface area contributed by atoms with Crippen molar-refractivity contribution in [2.24, 2.45) is 23.5 Å². The van der Waals surface area contributed by atoms with E-state index in [1.54, 1.807) is 11.3 Å². The first kappa shape index (κ1) is 17.0. The van der Waals surface area contributed by atoms with Crippen LogP contribution in [0.25, 0.3) is 0 Å². The average molecular weight is 309 g/mol. The van der Waals surface area contributed by atoms with Gasteiger partial charge in [-0.15, -0.1) is 11.3 Å². The largest absolute Gasteiger partial charge is 0.324 e. The molecular formula is C18H32N2S. The molecule has 2 nitrogen and oxygen atoms in total. The van der Waals surface area contributed by atoms with Gasteiger partial charge in [-0.05, 0) is 30.6 Å². The van der Waals surface area contributed by atoms with Gasteiger partial charge in [0.05, 0.1) is 10.7 Å². The lowest BCUT2D eigenvalue weighted by molar-refractivity contribution is 0.109. The number of nitrogens with zero attached hydrogens (tertiary/aromatic N) is 1. The van der Waals surface area contributed by atoms with Crippen LogP contribution in [0.1, 0.15) is 71.5 Å². The molecule has 0 radical (unpaired) electrons. The molecule has 1 saturated carbocycles. The fraction of sp³-hybridized carbons (Fsp3) is 0.833. The summed E-state index contributed by atoms with van der Waals surface area (Å²) in [5.41, 5.74) is 8.18.